The Labute approximate surface area is 112 Å². The van der Waals surface area contributed by atoms with Gasteiger partial charge in [-0.25, -0.2) is 9.78 Å². The molecular weight excluding hydrogens is 248 g/mol. The summed E-state index contributed by atoms with van der Waals surface area (Å²) in [6.07, 6.45) is 1.50. The molecular formula is C13H22N2O2S. The molecule has 0 amide bonds. The van der Waals surface area contributed by atoms with E-state index in [1.165, 1.54) is 11.3 Å². The van der Waals surface area contributed by atoms with Gasteiger partial charge in [0.25, 0.3) is 0 Å². The van der Waals surface area contributed by atoms with Gasteiger partial charge in [-0.2, -0.15) is 0 Å². The van der Waals surface area contributed by atoms with Crippen LogP contribution < -0.4 is 5.73 Å². The second kappa shape index (κ2) is 4.97. The molecule has 18 heavy (non-hydrogen) atoms. The van der Waals surface area contributed by atoms with Gasteiger partial charge in [-0.3, -0.25) is 0 Å². The number of carboxylic acids is 1. The highest BCUT2D eigenvalue weighted by Crippen LogP contribution is 2.35. The first-order valence-corrected chi connectivity index (χ1v) is 7.01. The van der Waals surface area contributed by atoms with Crippen LogP contribution in [0.15, 0.2) is 0 Å². The lowest BCUT2D eigenvalue weighted by molar-refractivity contribution is 0.0699. The van der Waals surface area contributed by atoms with Gasteiger partial charge in [0, 0.05) is 5.41 Å². The van der Waals surface area contributed by atoms with Crippen LogP contribution in [0, 0.1) is 0 Å². The number of aromatic nitrogens is 1. The minimum atomic E-state index is -0.918. The van der Waals surface area contributed by atoms with Gasteiger partial charge >= 0.3 is 5.97 Å². The van der Waals surface area contributed by atoms with Crippen LogP contribution in [-0.2, 0) is 11.0 Å². The Morgan fingerprint density at radius 2 is 1.83 bits per heavy atom. The van der Waals surface area contributed by atoms with E-state index in [2.05, 4.69) is 4.98 Å². The summed E-state index contributed by atoms with van der Waals surface area (Å²) in [5.74, 6) is -0.918. The van der Waals surface area contributed by atoms with Crippen LogP contribution in [0.1, 0.15) is 67.8 Å². The number of aromatic carboxylic acids is 1. The minimum absolute atomic E-state index is 0.287. The lowest BCUT2D eigenvalue weighted by Gasteiger charge is -2.24. The minimum Gasteiger partial charge on any atom is -0.477 e. The molecule has 0 aliphatic heterocycles. The molecule has 4 nitrogen and oxygen atoms in total. The maximum atomic E-state index is 11.3. The smallest absolute Gasteiger partial charge is 0.347 e. The van der Waals surface area contributed by atoms with Gasteiger partial charge in [0.1, 0.15) is 9.88 Å². The predicted molar refractivity (Wildman–Crippen MR) is 74.2 cm³/mol. The summed E-state index contributed by atoms with van der Waals surface area (Å²) in [5, 5.41) is 10.0. The number of carbonyl (C=O) groups is 1. The molecule has 0 atom stereocenters. The van der Waals surface area contributed by atoms with E-state index in [-0.39, 0.29) is 5.41 Å². The van der Waals surface area contributed by atoms with Crippen LogP contribution in [0.3, 0.4) is 0 Å². The average molecular weight is 270 g/mol. The summed E-state index contributed by atoms with van der Waals surface area (Å²) in [4.78, 5) is 16.2. The Kier molecular flexibility index (Phi) is 4.18. The van der Waals surface area contributed by atoms with Gasteiger partial charge in [-0.1, -0.05) is 34.6 Å². The van der Waals surface area contributed by atoms with Gasteiger partial charge in [0.15, 0.2) is 0 Å². The quantitative estimate of drug-likeness (QED) is 0.881. The Morgan fingerprint density at radius 3 is 2.11 bits per heavy atom. The molecule has 0 radical (unpaired) electrons. The Balaban J connectivity index is 3.40. The molecule has 0 spiro atoms. The van der Waals surface area contributed by atoms with Crippen molar-refractivity contribution in [2.75, 3.05) is 0 Å². The summed E-state index contributed by atoms with van der Waals surface area (Å²) < 4.78 is 0. The third-order valence-electron chi connectivity index (χ3n) is 3.22. The largest absolute Gasteiger partial charge is 0.477 e. The number of thiazole rings is 1. The van der Waals surface area contributed by atoms with Crippen LogP contribution in [0.5, 0.6) is 0 Å². The van der Waals surface area contributed by atoms with Gasteiger partial charge in [0.2, 0.25) is 0 Å². The molecule has 0 aliphatic carbocycles. The first kappa shape index (κ1) is 15.1. The lowest BCUT2D eigenvalue weighted by atomic mass is 9.90. The fraction of sp³-hybridized carbons (Fsp3) is 0.692. The van der Waals surface area contributed by atoms with E-state index in [0.717, 1.165) is 17.8 Å². The van der Waals surface area contributed by atoms with Crippen LogP contribution in [-0.4, -0.2) is 16.1 Å². The van der Waals surface area contributed by atoms with E-state index < -0.39 is 11.5 Å². The van der Waals surface area contributed by atoms with Crippen molar-refractivity contribution < 1.29 is 9.90 Å². The highest BCUT2D eigenvalue weighted by atomic mass is 32.1. The van der Waals surface area contributed by atoms with Gasteiger partial charge in [0.05, 0.1) is 11.2 Å². The van der Waals surface area contributed by atoms with Gasteiger partial charge < -0.3 is 10.8 Å². The molecule has 0 saturated carbocycles. The molecule has 1 aromatic heterocycles. The van der Waals surface area contributed by atoms with Gasteiger partial charge in [-0.15, -0.1) is 11.3 Å². The molecule has 0 saturated heterocycles. The zero-order valence-electron chi connectivity index (χ0n) is 11.7. The number of carboxylic acid groups (broad SMARTS) is 1. The summed E-state index contributed by atoms with van der Waals surface area (Å²) in [6.45, 7) is 9.90. The van der Waals surface area contributed by atoms with E-state index >= 15 is 0 Å². The summed E-state index contributed by atoms with van der Waals surface area (Å²) in [6, 6.07) is 0. The van der Waals surface area contributed by atoms with Crippen molar-refractivity contribution in [1.29, 1.82) is 0 Å². The fourth-order valence-electron chi connectivity index (χ4n) is 1.74. The molecule has 102 valence electrons. The first-order valence-electron chi connectivity index (χ1n) is 6.19. The van der Waals surface area contributed by atoms with Crippen molar-refractivity contribution in [2.45, 2.75) is 58.4 Å². The topological polar surface area (TPSA) is 76.2 Å². The Hall–Kier alpha value is -0.940. The molecule has 0 aliphatic rings. The predicted octanol–water partition coefficient (Wildman–Crippen LogP) is 3.11. The van der Waals surface area contributed by atoms with Gasteiger partial charge in [-0.05, 0) is 12.8 Å². The number of hydrogen-bond donors (Lipinski definition) is 2. The van der Waals surface area contributed by atoms with E-state index in [1.54, 1.807) is 0 Å². The maximum absolute atomic E-state index is 11.3. The molecule has 1 heterocycles. The standard InChI is InChI=1S/C13H22N2O2S/c1-6-13(14,7-2)11-15-9(12(3,4)5)8(18-11)10(16)17/h6-7,14H2,1-5H3,(H,16,17). The Morgan fingerprint density at radius 1 is 1.33 bits per heavy atom. The summed E-state index contributed by atoms with van der Waals surface area (Å²) in [5.41, 5.74) is 6.13. The van der Waals surface area contributed by atoms with Crippen molar-refractivity contribution in [2.24, 2.45) is 5.73 Å². The van der Waals surface area contributed by atoms with Crippen LogP contribution in [0.25, 0.3) is 0 Å². The molecule has 3 N–H and O–H groups in total. The molecule has 0 fully saturated rings. The number of hydrogen-bond acceptors (Lipinski definition) is 4. The zero-order valence-corrected chi connectivity index (χ0v) is 12.5. The monoisotopic (exact) mass is 270 g/mol. The second-order valence-corrected chi connectivity index (χ2v) is 6.61. The summed E-state index contributed by atoms with van der Waals surface area (Å²) >= 11 is 1.21. The van der Waals surface area contributed by atoms with E-state index in [0.29, 0.717) is 10.6 Å². The highest BCUT2D eigenvalue weighted by Gasteiger charge is 2.33. The van der Waals surface area contributed by atoms with E-state index in [1.807, 2.05) is 34.6 Å². The SMILES string of the molecule is CCC(N)(CC)c1nc(C(C)(C)C)c(C(=O)O)s1. The third kappa shape index (κ3) is 2.72. The van der Waals surface area contributed by atoms with Crippen molar-refractivity contribution >= 4 is 17.3 Å². The number of nitrogens with two attached hydrogens (primary N) is 1. The lowest BCUT2D eigenvalue weighted by Crippen LogP contribution is -2.35. The average Bonchev–Trinajstić information content (AvgIpc) is 2.73. The molecule has 0 unspecified atom stereocenters. The van der Waals surface area contributed by atoms with Crippen molar-refractivity contribution in [3.05, 3.63) is 15.6 Å². The fourth-order valence-corrected chi connectivity index (χ4v) is 3.10. The van der Waals surface area contributed by atoms with Crippen molar-refractivity contribution in [1.82, 2.24) is 4.98 Å². The van der Waals surface area contributed by atoms with Crippen molar-refractivity contribution in [3.8, 4) is 0 Å². The maximum Gasteiger partial charge on any atom is 0.347 e. The number of rotatable bonds is 4. The number of nitrogens with zero attached hydrogens (tertiary/aromatic N) is 1. The van der Waals surface area contributed by atoms with E-state index in [9.17, 15) is 9.90 Å². The molecule has 1 rings (SSSR count). The second-order valence-electron chi connectivity index (χ2n) is 5.62. The molecule has 5 heteroatoms. The Bertz CT molecular complexity index is 442. The van der Waals surface area contributed by atoms with E-state index in [4.69, 9.17) is 5.73 Å². The molecule has 1 aromatic rings. The summed E-state index contributed by atoms with van der Waals surface area (Å²) in [7, 11) is 0. The molecule has 0 aromatic carbocycles. The van der Waals surface area contributed by atoms with Crippen LogP contribution in [0.4, 0.5) is 0 Å². The highest BCUT2D eigenvalue weighted by molar-refractivity contribution is 7.13. The van der Waals surface area contributed by atoms with Crippen molar-refractivity contribution in [3.63, 3.8) is 0 Å². The normalized spacial score (nSPS) is 12.8. The third-order valence-corrected chi connectivity index (χ3v) is 4.48. The van der Waals surface area contributed by atoms with Crippen LogP contribution in [0.2, 0.25) is 0 Å². The molecule has 0 bridgehead atoms. The van der Waals surface area contributed by atoms with Crippen LogP contribution >= 0.6 is 11.3 Å². The zero-order chi connectivity index (χ0) is 14.1. The first-order chi connectivity index (χ1) is 8.15.